The number of rotatable bonds is 7. The number of methoxy groups -OCH3 is 1. The summed E-state index contributed by atoms with van der Waals surface area (Å²) in [7, 11) is 1.62. The molecule has 2 aliphatic rings. The van der Waals surface area contributed by atoms with Crippen LogP contribution in [-0.4, -0.2) is 78.6 Å². The van der Waals surface area contributed by atoms with Gasteiger partial charge in [0.15, 0.2) is 0 Å². The maximum atomic E-state index is 14.4. The van der Waals surface area contributed by atoms with E-state index in [2.05, 4.69) is 23.7 Å². The topological polar surface area (TPSA) is 75.2 Å². The molecule has 2 fully saturated rings. The highest BCUT2D eigenvalue weighted by Crippen LogP contribution is 2.36. The van der Waals surface area contributed by atoms with Crippen molar-refractivity contribution in [2.75, 3.05) is 51.3 Å². The number of carbonyl (C=O) groups is 2. The largest absolute Gasteiger partial charge is 0.495 e. The van der Waals surface area contributed by atoms with Crippen molar-refractivity contribution in [3.8, 4) is 11.5 Å². The number of para-hydroxylation sites is 2. The Hall–Kier alpha value is -4.28. The van der Waals surface area contributed by atoms with Gasteiger partial charge in [0, 0.05) is 45.1 Å². The maximum absolute atomic E-state index is 14.4. The molecule has 0 aliphatic carbocycles. The molecule has 2 aromatic carbocycles. The number of pyridine rings is 1. The number of piperidine rings is 1. The zero-order valence-electron chi connectivity index (χ0n) is 25.1. The van der Waals surface area contributed by atoms with E-state index >= 15 is 0 Å². The molecule has 0 saturated carbocycles. The van der Waals surface area contributed by atoms with Gasteiger partial charge in [0.25, 0.3) is 11.8 Å². The second-order valence-corrected chi connectivity index (χ2v) is 11.5. The van der Waals surface area contributed by atoms with Crippen molar-refractivity contribution in [1.29, 1.82) is 0 Å². The highest BCUT2D eigenvalue weighted by molar-refractivity contribution is 5.96. The summed E-state index contributed by atoms with van der Waals surface area (Å²) >= 11 is 0. The summed E-state index contributed by atoms with van der Waals surface area (Å²) in [5, 5.41) is 0. The lowest BCUT2D eigenvalue weighted by Gasteiger charge is -2.45. The molecule has 3 heterocycles. The van der Waals surface area contributed by atoms with E-state index < -0.39 is 28.8 Å². The summed E-state index contributed by atoms with van der Waals surface area (Å²) in [5.74, 6) is 0.380. The average Bonchev–Trinajstić information content (AvgIpc) is 3.04. The van der Waals surface area contributed by atoms with Crippen molar-refractivity contribution < 1.29 is 32.2 Å². The van der Waals surface area contributed by atoms with Crippen LogP contribution in [0.25, 0.3) is 0 Å². The minimum absolute atomic E-state index is 0.185. The van der Waals surface area contributed by atoms with Gasteiger partial charge in [-0.15, -0.1) is 0 Å². The smallest absolute Gasteiger partial charge is 0.417 e. The molecule has 0 radical (unpaired) electrons. The van der Waals surface area contributed by atoms with Gasteiger partial charge in [-0.3, -0.25) is 14.6 Å². The molecule has 8 nitrogen and oxygen atoms in total. The molecule has 1 aromatic heterocycles. The molecular formula is C33H37F3N4O4. The Balaban J connectivity index is 1.42. The van der Waals surface area contributed by atoms with E-state index in [0.29, 0.717) is 50.7 Å². The number of halogens is 3. The number of hydrogen-bond donors (Lipinski definition) is 0. The van der Waals surface area contributed by atoms with E-state index in [-0.39, 0.29) is 19.0 Å². The third kappa shape index (κ3) is 6.46. The molecule has 2 aliphatic heterocycles. The lowest BCUT2D eigenvalue weighted by Crippen LogP contribution is -2.64. The van der Waals surface area contributed by atoms with E-state index in [1.54, 1.807) is 24.1 Å². The van der Waals surface area contributed by atoms with Crippen molar-refractivity contribution >= 4 is 17.5 Å². The number of carbonyl (C=O) groups excluding carboxylic acids is 2. The van der Waals surface area contributed by atoms with E-state index in [9.17, 15) is 22.8 Å². The molecule has 11 heteroatoms. The normalized spacial score (nSPS) is 19.2. The van der Waals surface area contributed by atoms with Crippen LogP contribution in [0, 0.1) is 0 Å². The number of nitrogens with zero attached hydrogens (tertiary/aromatic N) is 4. The number of ether oxygens (including phenoxy) is 2. The molecule has 2 saturated heterocycles. The number of piperazine rings is 1. The number of benzene rings is 2. The van der Waals surface area contributed by atoms with Crippen molar-refractivity contribution in [2.45, 2.75) is 44.4 Å². The summed E-state index contributed by atoms with van der Waals surface area (Å²) < 4.78 is 53.4. The molecule has 234 valence electrons. The van der Waals surface area contributed by atoms with E-state index in [0.717, 1.165) is 35.5 Å². The van der Waals surface area contributed by atoms with Crippen molar-refractivity contribution in [3.63, 3.8) is 0 Å². The van der Waals surface area contributed by atoms with Crippen LogP contribution in [0.5, 0.6) is 11.5 Å². The van der Waals surface area contributed by atoms with Crippen LogP contribution in [0.3, 0.4) is 0 Å². The first-order valence-electron chi connectivity index (χ1n) is 14.8. The predicted octanol–water partition coefficient (Wildman–Crippen LogP) is 5.64. The minimum Gasteiger partial charge on any atom is -0.495 e. The van der Waals surface area contributed by atoms with Gasteiger partial charge in [-0.25, -0.2) is 0 Å². The van der Waals surface area contributed by atoms with Gasteiger partial charge in [0.1, 0.15) is 11.5 Å². The Morgan fingerprint density at radius 3 is 2.30 bits per heavy atom. The Labute approximate surface area is 255 Å². The lowest BCUT2D eigenvalue weighted by molar-refractivity contribution is -0.153. The van der Waals surface area contributed by atoms with Gasteiger partial charge in [-0.05, 0) is 54.7 Å². The monoisotopic (exact) mass is 610 g/mol. The first-order chi connectivity index (χ1) is 21.0. The molecule has 0 bridgehead atoms. The van der Waals surface area contributed by atoms with E-state index in [1.807, 2.05) is 36.4 Å². The molecule has 0 spiro atoms. The zero-order valence-corrected chi connectivity index (χ0v) is 25.1. The van der Waals surface area contributed by atoms with Crippen LogP contribution >= 0.6 is 0 Å². The van der Waals surface area contributed by atoms with Crippen molar-refractivity contribution in [1.82, 2.24) is 14.8 Å². The molecule has 3 aromatic rings. The van der Waals surface area contributed by atoms with E-state index in [4.69, 9.17) is 9.47 Å². The van der Waals surface area contributed by atoms with Crippen LogP contribution in [0.2, 0.25) is 0 Å². The van der Waals surface area contributed by atoms with Gasteiger partial charge < -0.3 is 24.2 Å². The third-order valence-electron chi connectivity index (χ3n) is 8.34. The third-order valence-corrected chi connectivity index (χ3v) is 8.34. The predicted molar refractivity (Wildman–Crippen MR) is 160 cm³/mol. The van der Waals surface area contributed by atoms with Crippen LogP contribution in [-0.2, 0) is 11.0 Å². The first kappa shape index (κ1) is 31.2. The number of anilines is 1. The van der Waals surface area contributed by atoms with Gasteiger partial charge >= 0.3 is 6.18 Å². The first-order valence-corrected chi connectivity index (χ1v) is 14.8. The summed E-state index contributed by atoms with van der Waals surface area (Å²) in [5.41, 5.74) is -1.04. The number of amides is 2. The summed E-state index contributed by atoms with van der Waals surface area (Å²) in [6.07, 6.45) is -2.09. The Kier molecular flexibility index (Phi) is 9.03. The second kappa shape index (κ2) is 12.8. The average molecular weight is 611 g/mol. The van der Waals surface area contributed by atoms with Gasteiger partial charge in [-0.2, -0.15) is 13.2 Å². The lowest BCUT2D eigenvalue weighted by atomic mass is 9.89. The van der Waals surface area contributed by atoms with Crippen molar-refractivity contribution in [3.05, 3.63) is 83.7 Å². The molecule has 2 amide bonds. The molecule has 1 atom stereocenters. The van der Waals surface area contributed by atoms with Crippen molar-refractivity contribution in [2.24, 2.45) is 0 Å². The quantitative estimate of drug-likeness (QED) is 0.345. The van der Waals surface area contributed by atoms with Gasteiger partial charge in [-0.1, -0.05) is 38.1 Å². The molecule has 0 N–H and O–H groups in total. The number of likely N-dealkylation sites (tertiary alicyclic amines) is 1. The zero-order chi connectivity index (χ0) is 31.5. The Bertz CT molecular complexity index is 1470. The van der Waals surface area contributed by atoms with Crippen LogP contribution in [0.4, 0.5) is 18.9 Å². The second-order valence-electron chi connectivity index (χ2n) is 11.5. The fourth-order valence-electron chi connectivity index (χ4n) is 5.96. The Morgan fingerprint density at radius 2 is 1.64 bits per heavy atom. The number of aromatic nitrogens is 1. The highest BCUT2D eigenvalue weighted by atomic mass is 19.4. The molecular weight excluding hydrogens is 573 g/mol. The molecule has 44 heavy (non-hydrogen) atoms. The number of hydrogen-bond acceptors (Lipinski definition) is 6. The summed E-state index contributed by atoms with van der Waals surface area (Å²) in [4.78, 5) is 36.9. The maximum Gasteiger partial charge on any atom is 0.417 e. The standard InChI is InChI=1S/C33H37F3N4O4/c1-23(2)24-9-11-25(12-10-24)44-32(31(42)39-19-17-38(18-20-39)28-7-4-5-8-29(28)43-3)14-6-16-40(22-32)30(41)26-21-37-15-13-27(26)33(34,35)36/h4-5,7-13,15,21,23H,6,14,16-20,22H2,1-3H3. The minimum atomic E-state index is -4.73. The summed E-state index contributed by atoms with van der Waals surface area (Å²) in [6, 6.07) is 16.0. The molecule has 5 rings (SSSR count). The van der Waals surface area contributed by atoms with Crippen LogP contribution < -0.4 is 14.4 Å². The molecule has 1 unspecified atom stereocenters. The van der Waals surface area contributed by atoms with Crippen LogP contribution in [0.15, 0.2) is 67.0 Å². The van der Waals surface area contributed by atoms with Crippen LogP contribution in [0.1, 0.15) is 54.1 Å². The SMILES string of the molecule is COc1ccccc1N1CCN(C(=O)C2(Oc3ccc(C(C)C)cc3)CCCN(C(=O)c3cnccc3C(F)(F)F)C2)CC1. The number of alkyl halides is 3. The van der Waals surface area contributed by atoms with E-state index in [1.165, 1.54) is 4.90 Å². The fraction of sp³-hybridized carbons (Fsp3) is 0.424. The van der Waals surface area contributed by atoms with Gasteiger partial charge in [0.2, 0.25) is 5.60 Å². The van der Waals surface area contributed by atoms with Gasteiger partial charge in [0.05, 0.1) is 30.5 Å². The Morgan fingerprint density at radius 1 is 0.932 bits per heavy atom. The summed E-state index contributed by atoms with van der Waals surface area (Å²) in [6.45, 7) is 6.07. The highest BCUT2D eigenvalue weighted by Gasteiger charge is 2.49. The fourth-order valence-corrected chi connectivity index (χ4v) is 5.96.